The summed E-state index contributed by atoms with van der Waals surface area (Å²) in [5, 5.41) is 5.02. The van der Waals surface area contributed by atoms with E-state index in [0.717, 1.165) is 36.1 Å². The van der Waals surface area contributed by atoms with Gasteiger partial charge in [-0.2, -0.15) is 8.32 Å². The highest BCUT2D eigenvalue weighted by Gasteiger charge is 2.36. The van der Waals surface area contributed by atoms with Crippen molar-refractivity contribution in [2.45, 2.75) is 32.2 Å². The van der Waals surface area contributed by atoms with E-state index in [-0.39, 0.29) is 11.1 Å². The van der Waals surface area contributed by atoms with Gasteiger partial charge in [-0.1, -0.05) is 30.4 Å². The Morgan fingerprint density at radius 3 is 2.65 bits per heavy atom. The summed E-state index contributed by atoms with van der Waals surface area (Å²) in [5.74, 6) is -0.700. The molecular weight excluding hydrogens is 1060 g/mol. The van der Waals surface area contributed by atoms with Crippen molar-refractivity contribution < 1.29 is 9.18 Å². The van der Waals surface area contributed by atoms with Crippen molar-refractivity contribution in [1.82, 2.24) is 6.34 Å². The summed E-state index contributed by atoms with van der Waals surface area (Å²) < 4.78 is 17.6. The summed E-state index contributed by atoms with van der Waals surface area (Å²) in [5.41, 5.74) is 5.66. The molecule has 0 N–H and O–H groups in total. The smallest absolute Gasteiger partial charge is 0.279 e. The Hall–Kier alpha value is 0.330. The molecule has 1 aliphatic heterocycles. The SMILES string of the molecule is Cc1cc(C(I)(I)I)ccc1CN1C(=O)/C(=N\N(I)C(=S)N(I)C2=CC=CCCC2)c2cc(F)ccc21. The van der Waals surface area contributed by atoms with Crippen molar-refractivity contribution in [1.29, 1.82) is 0 Å². The lowest BCUT2D eigenvalue weighted by atomic mass is 10.1. The first-order chi connectivity index (χ1) is 17.5. The topological polar surface area (TPSA) is 39.2 Å². The first-order valence-electron chi connectivity index (χ1n) is 11.2. The molecule has 1 amide bonds. The lowest BCUT2D eigenvalue weighted by Crippen LogP contribution is -2.33. The molecule has 1 aliphatic carbocycles. The molecule has 0 unspecified atom stereocenters. The number of hydrogen-bond acceptors (Lipinski definition) is 3. The van der Waals surface area contributed by atoms with Gasteiger partial charge in [0.05, 0.1) is 58.0 Å². The third-order valence-corrected chi connectivity index (χ3v) is 10.6. The summed E-state index contributed by atoms with van der Waals surface area (Å²) in [6.45, 7) is 2.41. The van der Waals surface area contributed by atoms with Gasteiger partial charge in [0, 0.05) is 11.3 Å². The van der Waals surface area contributed by atoms with E-state index in [1.54, 1.807) is 11.0 Å². The lowest BCUT2D eigenvalue weighted by molar-refractivity contribution is -0.112. The van der Waals surface area contributed by atoms with Gasteiger partial charge in [-0.15, -0.1) is 0 Å². The van der Waals surface area contributed by atoms with Crippen molar-refractivity contribution in [3.05, 3.63) is 88.4 Å². The van der Waals surface area contributed by atoms with Crippen LogP contribution in [0.4, 0.5) is 10.1 Å². The summed E-state index contributed by atoms with van der Waals surface area (Å²) in [7, 11) is 0. The maximum atomic E-state index is 14.3. The summed E-state index contributed by atoms with van der Waals surface area (Å²) in [4.78, 5) is 15.3. The molecule has 2 aromatic carbocycles. The number of allylic oxidation sites excluding steroid dienone is 4. The molecule has 0 atom stereocenters. The van der Waals surface area contributed by atoms with E-state index in [1.807, 2.05) is 45.1 Å². The molecule has 194 valence electrons. The number of carbonyl (C=O) groups is 1. The third kappa shape index (κ3) is 7.16. The fraction of sp³-hybridized carbons (Fsp3) is 0.240. The van der Waals surface area contributed by atoms with Gasteiger partial charge in [0.25, 0.3) is 5.91 Å². The van der Waals surface area contributed by atoms with Gasteiger partial charge in [-0.3, -0.25) is 7.91 Å². The van der Waals surface area contributed by atoms with Crippen LogP contribution in [0.1, 0.15) is 41.5 Å². The number of halogens is 6. The average molecular weight is 1080 g/mol. The first kappa shape index (κ1) is 30.3. The predicted molar refractivity (Wildman–Crippen MR) is 194 cm³/mol. The van der Waals surface area contributed by atoms with Crippen LogP contribution in [0.15, 0.2) is 65.4 Å². The third-order valence-electron chi connectivity index (χ3n) is 5.94. The molecule has 2 aliphatic rings. The monoisotopic (exact) mass is 1080 g/mol. The van der Waals surface area contributed by atoms with Crippen LogP contribution in [-0.2, 0) is 10.8 Å². The number of benzene rings is 2. The van der Waals surface area contributed by atoms with Gasteiger partial charge in [0.15, 0.2) is 5.71 Å². The zero-order valence-electron chi connectivity index (χ0n) is 19.4. The Morgan fingerprint density at radius 1 is 1.19 bits per heavy atom. The van der Waals surface area contributed by atoms with Gasteiger partial charge in [-0.05, 0) is 147 Å². The average Bonchev–Trinajstić information content (AvgIpc) is 3.03. The maximum absolute atomic E-state index is 14.3. The van der Waals surface area contributed by atoms with Crippen LogP contribution >= 0.6 is 126 Å². The fourth-order valence-electron chi connectivity index (χ4n) is 4.01. The number of hydrazone groups is 1. The zero-order valence-corrected chi connectivity index (χ0v) is 31.0. The first-order valence-corrected chi connectivity index (χ1v) is 16.7. The number of alkyl halides is 3. The molecule has 0 spiro atoms. The van der Waals surface area contributed by atoms with Crippen molar-refractivity contribution in [2.24, 2.45) is 5.10 Å². The normalized spacial score (nSPS) is 16.5. The van der Waals surface area contributed by atoms with E-state index < -0.39 is 5.82 Å². The molecule has 12 heteroatoms. The molecule has 37 heavy (non-hydrogen) atoms. The molecule has 4 rings (SSSR count). The highest BCUT2D eigenvalue weighted by molar-refractivity contribution is 14.3. The van der Waals surface area contributed by atoms with E-state index in [2.05, 4.69) is 120 Å². The molecule has 2 aromatic rings. The number of amides is 1. The molecule has 0 saturated heterocycles. The van der Waals surface area contributed by atoms with Crippen LogP contribution in [0.25, 0.3) is 0 Å². The molecular formula is C25H20FI5N4OS. The Balaban J connectivity index is 1.63. The standard InChI is InChI=1S/C25H20FI5N4OS/c1-15-12-17(25(27,28)29)9-8-16(15)14-33-21-11-10-18(26)13-20(21)22(23(33)36)32-35(31)24(37)34(30)19-6-4-2-3-5-7-19/h2,4,6,8-13H,3,5,7,14H2,1H3/b32-22-. The minimum absolute atomic E-state index is 0.0538. The number of anilines is 1. The Bertz CT molecular complexity index is 1340. The Labute approximate surface area is 290 Å². The molecule has 0 saturated carbocycles. The lowest BCUT2D eigenvalue weighted by Gasteiger charge is -2.23. The summed E-state index contributed by atoms with van der Waals surface area (Å²) >= 11 is 17.0. The van der Waals surface area contributed by atoms with Gasteiger partial charge in [0.2, 0.25) is 5.11 Å². The molecule has 1 heterocycles. The Morgan fingerprint density at radius 2 is 1.95 bits per heavy atom. The number of hydrogen-bond donors (Lipinski definition) is 0. The van der Waals surface area contributed by atoms with Crippen molar-refractivity contribution in [3.63, 3.8) is 0 Å². The zero-order chi connectivity index (χ0) is 26.9. The van der Waals surface area contributed by atoms with E-state index in [1.165, 1.54) is 20.9 Å². The second-order valence-electron chi connectivity index (χ2n) is 8.44. The maximum Gasteiger partial charge on any atom is 0.279 e. The fourth-order valence-corrected chi connectivity index (χ4v) is 6.62. The van der Waals surface area contributed by atoms with Crippen LogP contribution in [0, 0.1) is 12.7 Å². The quantitative estimate of drug-likeness (QED) is 0.0987. The highest BCUT2D eigenvalue weighted by atomic mass is 127. The van der Waals surface area contributed by atoms with Gasteiger partial charge in [0.1, 0.15) is 5.25 Å². The molecule has 5 nitrogen and oxygen atoms in total. The van der Waals surface area contributed by atoms with Crippen molar-refractivity contribution >= 4 is 148 Å². The second-order valence-corrected chi connectivity index (χ2v) is 21.7. The largest absolute Gasteiger partial charge is 0.302 e. The van der Waals surface area contributed by atoms with Crippen LogP contribution in [-0.4, -0.2) is 23.1 Å². The number of aryl methyl sites for hydroxylation is 1. The molecule has 0 aromatic heterocycles. The minimum atomic E-state index is -0.419. The second kappa shape index (κ2) is 12.9. The number of carbonyl (C=O) groups excluding carboxylic acids is 1. The molecule has 0 fully saturated rings. The van der Waals surface area contributed by atoms with Gasteiger partial charge in [-0.25, -0.2) is 4.39 Å². The van der Waals surface area contributed by atoms with Gasteiger partial charge < -0.3 is 4.90 Å². The number of fused-ring (bicyclic) bond motifs is 1. The van der Waals surface area contributed by atoms with Crippen LogP contribution in [0.3, 0.4) is 0 Å². The van der Waals surface area contributed by atoms with E-state index >= 15 is 0 Å². The number of thiocarbonyl (C=S) groups is 1. The van der Waals surface area contributed by atoms with Crippen LogP contribution in [0.5, 0.6) is 0 Å². The van der Waals surface area contributed by atoms with Crippen LogP contribution < -0.4 is 4.90 Å². The van der Waals surface area contributed by atoms with Crippen molar-refractivity contribution in [2.75, 3.05) is 4.90 Å². The predicted octanol–water partition coefficient (Wildman–Crippen LogP) is 9.01. The van der Waals surface area contributed by atoms with E-state index in [4.69, 9.17) is 12.2 Å². The van der Waals surface area contributed by atoms with Gasteiger partial charge >= 0.3 is 0 Å². The van der Waals surface area contributed by atoms with E-state index in [9.17, 15) is 9.18 Å². The highest BCUT2D eigenvalue weighted by Crippen LogP contribution is 2.46. The van der Waals surface area contributed by atoms with E-state index in [0.29, 0.717) is 22.9 Å². The summed E-state index contributed by atoms with van der Waals surface area (Å²) in [6.07, 6.45) is 9.17. The minimum Gasteiger partial charge on any atom is -0.302 e. The molecule has 0 bridgehead atoms. The van der Waals surface area contributed by atoms with Crippen molar-refractivity contribution in [3.8, 4) is 0 Å². The van der Waals surface area contributed by atoms with Crippen LogP contribution in [0.2, 0.25) is 0 Å². The number of rotatable bonds is 5. The summed E-state index contributed by atoms with van der Waals surface area (Å²) in [6, 6.07) is 10.7. The molecule has 0 radical (unpaired) electrons. The number of nitrogens with zero attached hydrogens (tertiary/aromatic N) is 4. The Kier molecular flexibility index (Phi) is 10.5.